The second-order valence-electron chi connectivity index (χ2n) is 4.57. The summed E-state index contributed by atoms with van der Waals surface area (Å²) in [6.07, 6.45) is 5.85. The van der Waals surface area contributed by atoms with Crippen molar-refractivity contribution >= 4 is 5.78 Å². The van der Waals surface area contributed by atoms with Crippen molar-refractivity contribution in [3.05, 3.63) is 12.7 Å². The van der Waals surface area contributed by atoms with E-state index in [9.17, 15) is 4.79 Å². The molecule has 0 aromatic carbocycles. The van der Waals surface area contributed by atoms with E-state index >= 15 is 0 Å². The number of Topliss-reactive ketones (excluding diaryl/α,β-unsaturated/α-hetero) is 1. The second kappa shape index (κ2) is 6.77. The van der Waals surface area contributed by atoms with Crippen LogP contribution in [0, 0.1) is 5.41 Å². The summed E-state index contributed by atoms with van der Waals surface area (Å²) in [4.78, 5) is 11.4. The van der Waals surface area contributed by atoms with Crippen LogP contribution in [0.4, 0.5) is 0 Å². The van der Waals surface area contributed by atoms with Gasteiger partial charge in [0.25, 0.3) is 0 Å². The molecular formula is C12H23NO. The van der Waals surface area contributed by atoms with Gasteiger partial charge in [-0.25, -0.2) is 0 Å². The van der Waals surface area contributed by atoms with Crippen LogP contribution in [0.25, 0.3) is 0 Å². The lowest BCUT2D eigenvalue weighted by atomic mass is 9.83. The van der Waals surface area contributed by atoms with Crippen LogP contribution < -0.4 is 5.73 Å². The number of carbonyl (C=O) groups excluding carboxylic acids is 1. The maximum atomic E-state index is 11.4. The lowest BCUT2D eigenvalue weighted by Gasteiger charge is -2.23. The van der Waals surface area contributed by atoms with Gasteiger partial charge < -0.3 is 5.73 Å². The molecule has 0 spiro atoms. The van der Waals surface area contributed by atoms with Gasteiger partial charge in [0.2, 0.25) is 0 Å². The monoisotopic (exact) mass is 197 g/mol. The van der Waals surface area contributed by atoms with Crippen molar-refractivity contribution < 1.29 is 4.79 Å². The predicted molar refractivity (Wildman–Crippen MR) is 61.1 cm³/mol. The van der Waals surface area contributed by atoms with Crippen molar-refractivity contribution in [2.75, 3.05) is 6.54 Å². The molecule has 2 heteroatoms. The van der Waals surface area contributed by atoms with Gasteiger partial charge in [0.15, 0.2) is 0 Å². The van der Waals surface area contributed by atoms with Crippen molar-refractivity contribution in [3.63, 3.8) is 0 Å². The van der Waals surface area contributed by atoms with Crippen molar-refractivity contribution in [3.8, 4) is 0 Å². The highest BCUT2D eigenvalue weighted by Crippen LogP contribution is 2.26. The van der Waals surface area contributed by atoms with Gasteiger partial charge >= 0.3 is 0 Å². The van der Waals surface area contributed by atoms with E-state index in [4.69, 9.17) is 5.73 Å². The molecule has 2 N–H and O–H groups in total. The fourth-order valence-corrected chi connectivity index (χ4v) is 1.38. The Hall–Kier alpha value is -0.630. The summed E-state index contributed by atoms with van der Waals surface area (Å²) >= 11 is 0. The highest BCUT2D eigenvalue weighted by molar-refractivity contribution is 5.78. The Morgan fingerprint density at radius 1 is 1.36 bits per heavy atom. The van der Waals surface area contributed by atoms with Crippen LogP contribution in [0.1, 0.15) is 46.0 Å². The molecule has 0 bridgehead atoms. The van der Waals surface area contributed by atoms with Crippen LogP contribution in [0.3, 0.4) is 0 Å². The third-order valence-corrected chi connectivity index (χ3v) is 2.53. The molecule has 0 aromatic rings. The highest BCUT2D eigenvalue weighted by Gasteiger charge is 2.17. The third kappa shape index (κ3) is 6.84. The first-order chi connectivity index (χ1) is 6.52. The van der Waals surface area contributed by atoms with Gasteiger partial charge in [-0.15, -0.1) is 6.58 Å². The number of nitrogens with two attached hydrogens (primary N) is 1. The number of rotatable bonds is 8. The Labute approximate surface area is 87.6 Å². The van der Waals surface area contributed by atoms with E-state index in [0.717, 1.165) is 19.3 Å². The Morgan fingerprint density at radius 2 is 2.00 bits per heavy atom. The molecule has 82 valence electrons. The van der Waals surface area contributed by atoms with E-state index in [1.807, 2.05) is 0 Å². The van der Waals surface area contributed by atoms with E-state index in [1.165, 1.54) is 0 Å². The maximum Gasteiger partial charge on any atom is 0.133 e. The van der Waals surface area contributed by atoms with E-state index in [1.54, 1.807) is 6.08 Å². The van der Waals surface area contributed by atoms with Crippen LogP contribution in [-0.4, -0.2) is 12.3 Å². The number of hydrogen-bond donors (Lipinski definition) is 1. The number of hydrogen-bond acceptors (Lipinski definition) is 2. The van der Waals surface area contributed by atoms with E-state index < -0.39 is 0 Å². The Balaban J connectivity index is 3.69. The van der Waals surface area contributed by atoms with Crippen LogP contribution in [0.5, 0.6) is 0 Å². The Bertz CT molecular complexity index is 185. The molecule has 0 aliphatic carbocycles. The molecule has 0 rings (SSSR count). The molecule has 0 atom stereocenters. The number of allylic oxidation sites excluding steroid dienone is 1. The number of ketones is 1. The fraction of sp³-hybridized carbons (Fsp3) is 0.750. The summed E-state index contributed by atoms with van der Waals surface area (Å²) in [5.74, 6) is 0.343. The summed E-state index contributed by atoms with van der Waals surface area (Å²) in [6.45, 7) is 8.64. The average molecular weight is 197 g/mol. The zero-order valence-electron chi connectivity index (χ0n) is 9.51. The van der Waals surface area contributed by atoms with Crippen molar-refractivity contribution in [2.45, 2.75) is 46.0 Å². The van der Waals surface area contributed by atoms with Gasteiger partial charge in [0, 0.05) is 12.8 Å². The van der Waals surface area contributed by atoms with Gasteiger partial charge in [0.05, 0.1) is 0 Å². The molecule has 2 nitrogen and oxygen atoms in total. The lowest BCUT2D eigenvalue weighted by Crippen LogP contribution is -2.18. The quantitative estimate of drug-likeness (QED) is 0.608. The molecular weight excluding hydrogens is 174 g/mol. The molecule has 0 aliphatic heterocycles. The zero-order chi connectivity index (χ0) is 11.0. The summed E-state index contributed by atoms with van der Waals surface area (Å²) in [7, 11) is 0. The first kappa shape index (κ1) is 13.4. The van der Waals surface area contributed by atoms with Gasteiger partial charge in [-0.3, -0.25) is 4.79 Å². The molecule has 14 heavy (non-hydrogen) atoms. The summed E-state index contributed by atoms with van der Waals surface area (Å²) in [6, 6.07) is 0. The zero-order valence-corrected chi connectivity index (χ0v) is 9.51. The minimum atomic E-state index is 0.207. The number of carbonyl (C=O) groups is 1. The topological polar surface area (TPSA) is 43.1 Å². The van der Waals surface area contributed by atoms with Crippen LogP contribution >= 0.6 is 0 Å². The Morgan fingerprint density at radius 3 is 2.50 bits per heavy atom. The molecule has 0 aliphatic rings. The molecule has 0 aromatic heterocycles. The molecule has 0 amide bonds. The summed E-state index contributed by atoms with van der Waals surface area (Å²) < 4.78 is 0. The summed E-state index contributed by atoms with van der Waals surface area (Å²) in [5, 5.41) is 0. The van der Waals surface area contributed by atoms with Crippen molar-refractivity contribution in [1.29, 1.82) is 0 Å². The first-order valence-electron chi connectivity index (χ1n) is 5.34. The van der Waals surface area contributed by atoms with Crippen molar-refractivity contribution in [2.24, 2.45) is 11.1 Å². The van der Waals surface area contributed by atoms with Crippen LogP contribution in [0.15, 0.2) is 12.7 Å². The van der Waals surface area contributed by atoms with Gasteiger partial charge in [-0.1, -0.05) is 19.9 Å². The van der Waals surface area contributed by atoms with E-state index in [0.29, 0.717) is 25.2 Å². The largest absolute Gasteiger partial charge is 0.330 e. The minimum Gasteiger partial charge on any atom is -0.330 e. The molecule has 0 unspecified atom stereocenters. The smallest absolute Gasteiger partial charge is 0.133 e. The van der Waals surface area contributed by atoms with E-state index in [-0.39, 0.29) is 5.41 Å². The Kier molecular flexibility index (Phi) is 6.46. The van der Waals surface area contributed by atoms with Crippen molar-refractivity contribution in [1.82, 2.24) is 0 Å². The van der Waals surface area contributed by atoms with Crippen LogP contribution in [0.2, 0.25) is 0 Å². The SMILES string of the molecule is C=CCCC(=O)CCC(C)(C)CCN. The minimum absolute atomic E-state index is 0.207. The average Bonchev–Trinajstić information content (AvgIpc) is 2.11. The van der Waals surface area contributed by atoms with Gasteiger partial charge in [-0.2, -0.15) is 0 Å². The summed E-state index contributed by atoms with van der Waals surface area (Å²) in [5.41, 5.74) is 5.71. The normalized spacial score (nSPS) is 11.4. The third-order valence-electron chi connectivity index (χ3n) is 2.53. The molecule has 0 saturated carbocycles. The standard InChI is InChI=1S/C12H23NO/c1-4-5-6-11(14)7-8-12(2,3)9-10-13/h4H,1,5-10,13H2,2-3H3. The molecule has 0 heterocycles. The first-order valence-corrected chi connectivity index (χ1v) is 5.34. The fourth-order valence-electron chi connectivity index (χ4n) is 1.38. The predicted octanol–water partition coefficient (Wildman–Crippen LogP) is 2.68. The second-order valence-corrected chi connectivity index (χ2v) is 4.57. The lowest BCUT2D eigenvalue weighted by molar-refractivity contribution is -0.119. The van der Waals surface area contributed by atoms with Gasteiger partial charge in [-0.05, 0) is 31.2 Å². The molecule has 0 fully saturated rings. The van der Waals surface area contributed by atoms with Crippen LogP contribution in [-0.2, 0) is 4.79 Å². The maximum absolute atomic E-state index is 11.4. The molecule has 0 saturated heterocycles. The van der Waals surface area contributed by atoms with E-state index in [2.05, 4.69) is 20.4 Å². The van der Waals surface area contributed by atoms with Gasteiger partial charge in [0.1, 0.15) is 5.78 Å². The molecule has 0 radical (unpaired) electrons. The highest BCUT2D eigenvalue weighted by atomic mass is 16.1.